The summed E-state index contributed by atoms with van der Waals surface area (Å²) < 4.78 is 5.21. The number of hydrogen-bond donors (Lipinski definition) is 1. The molecule has 24 heavy (non-hydrogen) atoms. The number of nitrogens with one attached hydrogen (secondary N) is 1. The Labute approximate surface area is 155 Å². The first-order chi connectivity index (χ1) is 11.3. The van der Waals surface area contributed by atoms with E-state index in [9.17, 15) is 4.79 Å². The Bertz CT molecular complexity index is 783. The zero-order valence-corrected chi connectivity index (χ0v) is 16.7. The number of benzene rings is 1. The van der Waals surface area contributed by atoms with Crippen LogP contribution in [0, 0.1) is 4.77 Å². The number of nitrogens with zero attached hydrogens (tertiary/aromatic N) is 4. The lowest BCUT2D eigenvalue weighted by molar-refractivity contribution is -0.122. The van der Waals surface area contributed by atoms with Crippen molar-refractivity contribution in [1.29, 1.82) is 0 Å². The van der Waals surface area contributed by atoms with Gasteiger partial charge in [0.25, 0.3) is 0 Å². The first-order valence-electron chi connectivity index (χ1n) is 7.65. The summed E-state index contributed by atoms with van der Waals surface area (Å²) in [5, 5.41) is 7.49. The van der Waals surface area contributed by atoms with Crippen molar-refractivity contribution in [3.8, 4) is 11.4 Å². The second-order valence-corrected chi connectivity index (χ2v) is 7.33. The maximum absolute atomic E-state index is 11.9. The molecule has 0 aliphatic heterocycles. The first-order valence-corrected chi connectivity index (χ1v) is 8.85. The fourth-order valence-electron chi connectivity index (χ4n) is 2.35. The zero-order valence-electron chi connectivity index (χ0n) is 14.3. The number of halogens is 1. The third-order valence-corrected chi connectivity index (χ3v) is 4.34. The van der Waals surface area contributed by atoms with Crippen LogP contribution in [-0.4, -0.2) is 44.8 Å². The van der Waals surface area contributed by atoms with Gasteiger partial charge in [-0.05, 0) is 45.2 Å². The number of hydrogen-bond acceptors (Lipinski definition) is 4. The minimum absolute atomic E-state index is 0.0119. The Hall–Kier alpha value is -1.51. The van der Waals surface area contributed by atoms with Gasteiger partial charge in [-0.15, -0.1) is 0 Å². The summed E-state index contributed by atoms with van der Waals surface area (Å²) in [6.45, 7) is 4.63. The van der Waals surface area contributed by atoms with Gasteiger partial charge in [-0.1, -0.05) is 28.1 Å². The number of aromatic nitrogens is 3. The van der Waals surface area contributed by atoms with Gasteiger partial charge in [0.1, 0.15) is 0 Å². The summed E-state index contributed by atoms with van der Waals surface area (Å²) >= 11 is 8.95. The summed E-state index contributed by atoms with van der Waals surface area (Å²) in [4.78, 5) is 13.7. The van der Waals surface area contributed by atoms with E-state index < -0.39 is 0 Å². The smallest absolute Gasteiger partial charge is 0.234 e. The van der Waals surface area contributed by atoms with Crippen molar-refractivity contribution in [2.45, 2.75) is 26.6 Å². The molecule has 0 fully saturated rings. The van der Waals surface area contributed by atoms with Crippen molar-refractivity contribution < 1.29 is 4.79 Å². The molecule has 1 aromatic heterocycles. The third-order valence-electron chi connectivity index (χ3n) is 3.36. The molecule has 0 aliphatic carbocycles. The molecule has 0 bridgehead atoms. The van der Waals surface area contributed by atoms with Gasteiger partial charge in [-0.2, -0.15) is 5.10 Å². The molecule has 130 valence electrons. The number of rotatable bonds is 6. The molecule has 1 heterocycles. The molecule has 0 aliphatic rings. The molecule has 0 atom stereocenters. The van der Waals surface area contributed by atoms with Gasteiger partial charge in [0.05, 0.1) is 13.2 Å². The van der Waals surface area contributed by atoms with E-state index in [0.29, 0.717) is 18.0 Å². The zero-order chi connectivity index (χ0) is 17.9. The van der Waals surface area contributed by atoms with Crippen LogP contribution >= 0.6 is 28.1 Å². The Morgan fingerprint density at radius 2 is 2.17 bits per heavy atom. The van der Waals surface area contributed by atoms with Gasteiger partial charge in [0.15, 0.2) is 10.6 Å². The normalized spacial score (nSPS) is 11.3. The van der Waals surface area contributed by atoms with Crippen LogP contribution in [0.4, 0.5) is 0 Å². The quantitative estimate of drug-likeness (QED) is 0.742. The number of carbonyl (C=O) groups excluding carboxylic acids is 1. The SMILES string of the molecule is CC(C)NC(=O)CN(C)Cn1nc(-c2cccc(Br)c2)n(C)c1=S. The minimum atomic E-state index is -0.0119. The van der Waals surface area contributed by atoms with Crippen molar-refractivity contribution >= 4 is 34.1 Å². The van der Waals surface area contributed by atoms with E-state index in [2.05, 4.69) is 26.3 Å². The van der Waals surface area contributed by atoms with E-state index in [-0.39, 0.29) is 11.9 Å². The molecule has 6 nitrogen and oxygen atoms in total. The van der Waals surface area contributed by atoms with Crippen LogP contribution in [0.15, 0.2) is 28.7 Å². The lowest BCUT2D eigenvalue weighted by Crippen LogP contribution is -2.39. The van der Waals surface area contributed by atoms with Crippen LogP contribution in [0.5, 0.6) is 0 Å². The van der Waals surface area contributed by atoms with Gasteiger partial charge in [0.2, 0.25) is 5.91 Å². The molecular formula is C16H22BrN5OS. The fourth-order valence-corrected chi connectivity index (χ4v) is 2.93. The van der Waals surface area contributed by atoms with Crippen molar-refractivity contribution in [2.75, 3.05) is 13.6 Å². The first kappa shape index (κ1) is 18.8. The predicted molar refractivity (Wildman–Crippen MR) is 101 cm³/mol. The Kier molecular flexibility index (Phi) is 6.31. The average Bonchev–Trinajstić information content (AvgIpc) is 2.74. The molecule has 0 unspecified atom stereocenters. The second-order valence-electron chi connectivity index (χ2n) is 6.05. The number of amides is 1. The van der Waals surface area contributed by atoms with Crippen molar-refractivity contribution in [2.24, 2.45) is 7.05 Å². The summed E-state index contributed by atoms with van der Waals surface area (Å²) in [6.07, 6.45) is 0. The lowest BCUT2D eigenvalue weighted by atomic mass is 10.2. The molecule has 8 heteroatoms. The van der Waals surface area contributed by atoms with Gasteiger partial charge >= 0.3 is 0 Å². The molecule has 0 radical (unpaired) electrons. The third kappa shape index (κ3) is 4.75. The van der Waals surface area contributed by atoms with Crippen LogP contribution in [-0.2, 0) is 18.5 Å². The molecule has 0 saturated heterocycles. The van der Waals surface area contributed by atoms with Gasteiger partial charge in [-0.3, -0.25) is 9.69 Å². The highest BCUT2D eigenvalue weighted by molar-refractivity contribution is 9.10. The van der Waals surface area contributed by atoms with Crippen molar-refractivity contribution in [3.05, 3.63) is 33.5 Å². The number of likely N-dealkylation sites (N-methyl/N-ethyl adjacent to an activating group) is 1. The minimum Gasteiger partial charge on any atom is -0.353 e. The van der Waals surface area contributed by atoms with E-state index in [4.69, 9.17) is 12.2 Å². The summed E-state index contributed by atoms with van der Waals surface area (Å²) in [5.74, 6) is 0.781. The molecule has 1 amide bonds. The Morgan fingerprint density at radius 3 is 2.79 bits per heavy atom. The summed E-state index contributed by atoms with van der Waals surface area (Å²) in [6, 6.07) is 8.05. The molecule has 1 aromatic carbocycles. The highest BCUT2D eigenvalue weighted by Crippen LogP contribution is 2.21. The maximum atomic E-state index is 11.9. The van der Waals surface area contributed by atoms with Crippen molar-refractivity contribution in [1.82, 2.24) is 24.6 Å². The molecule has 0 saturated carbocycles. The van der Waals surface area contributed by atoms with Gasteiger partial charge in [0, 0.05) is 23.1 Å². The van der Waals surface area contributed by atoms with Gasteiger partial charge < -0.3 is 9.88 Å². The van der Waals surface area contributed by atoms with Crippen molar-refractivity contribution in [3.63, 3.8) is 0 Å². The van der Waals surface area contributed by atoms with Gasteiger partial charge in [-0.25, -0.2) is 4.68 Å². The molecule has 1 N–H and O–H groups in total. The topological polar surface area (TPSA) is 55.1 Å². The van der Waals surface area contributed by atoms with E-state index in [1.165, 1.54) is 0 Å². The molecular weight excluding hydrogens is 390 g/mol. The Morgan fingerprint density at radius 1 is 1.46 bits per heavy atom. The predicted octanol–water partition coefficient (Wildman–Crippen LogP) is 2.79. The van der Waals surface area contributed by atoms with Crippen LogP contribution in [0.25, 0.3) is 11.4 Å². The maximum Gasteiger partial charge on any atom is 0.234 e. The molecule has 2 rings (SSSR count). The Balaban J connectivity index is 2.16. The largest absolute Gasteiger partial charge is 0.353 e. The highest BCUT2D eigenvalue weighted by atomic mass is 79.9. The monoisotopic (exact) mass is 411 g/mol. The highest BCUT2D eigenvalue weighted by Gasteiger charge is 2.13. The number of carbonyl (C=O) groups is 1. The summed E-state index contributed by atoms with van der Waals surface area (Å²) in [5.41, 5.74) is 0.983. The second kappa shape index (κ2) is 8.04. The lowest BCUT2D eigenvalue weighted by Gasteiger charge is -2.17. The molecule has 2 aromatic rings. The van der Waals surface area contributed by atoms with E-state index in [1.807, 2.05) is 61.7 Å². The van der Waals surface area contributed by atoms with Crippen LogP contribution in [0.1, 0.15) is 13.8 Å². The summed E-state index contributed by atoms with van der Waals surface area (Å²) in [7, 11) is 3.77. The van der Waals surface area contributed by atoms with E-state index in [1.54, 1.807) is 4.68 Å². The van der Waals surface area contributed by atoms with Crippen LogP contribution in [0.2, 0.25) is 0 Å². The average molecular weight is 412 g/mol. The van der Waals surface area contributed by atoms with E-state index >= 15 is 0 Å². The molecule has 0 spiro atoms. The van der Waals surface area contributed by atoms with E-state index in [0.717, 1.165) is 15.9 Å². The van der Waals surface area contributed by atoms with Crippen LogP contribution < -0.4 is 5.32 Å². The fraction of sp³-hybridized carbons (Fsp3) is 0.438. The van der Waals surface area contributed by atoms with Crippen LogP contribution in [0.3, 0.4) is 0 Å². The standard InChI is InChI=1S/C16H22BrN5OS/c1-11(2)18-14(23)9-20(3)10-22-16(24)21(4)15(19-22)12-6-5-7-13(17)8-12/h5-8,11H,9-10H2,1-4H3,(H,18,23).